The molecule has 0 bridgehead atoms. The van der Waals surface area contributed by atoms with Gasteiger partial charge in [-0.15, -0.1) is 0 Å². The molecular formula is C21H40O2. The molecular weight excluding hydrogens is 284 g/mol. The molecule has 0 rings (SSSR count). The molecule has 0 saturated carbocycles. The van der Waals surface area contributed by atoms with Crippen molar-refractivity contribution in [3.63, 3.8) is 0 Å². The van der Waals surface area contributed by atoms with E-state index in [4.69, 9.17) is 4.74 Å². The fourth-order valence-electron chi connectivity index (χ4n) is 2.87. The van der Waals surface area contributed by atoms with Crippen LogP contribution in [-0.2, 0) is 9.53 Å². The Morgan fingerprint density at radius 1 is 0.609 bits per heavy atom. The van der Waals surface area contributed by atoms with E-state index in [9.17, 15) is 4.79 Å². The third kappa shape index (κ3) is 21.5. The van der Waals surface area contributed by atoms with Crippen molar-refractivity contribution in [3.8, 4) is 0 Å². The molecule has 0 aromatic carbocycles. The minimum absolute atomic E-state index is 0. The minimum Gasteiger partial charge on any atom is -0.466 e. The van der Waals surface area contributed by atoms with E-state index >= 15 is 0 Å². The fourth-order valence-corrected chi connectivity index (χ4v) is 2.87. The van der Waals surface area contributed by atoms with Gasteiger partial charge in [0.1, 0.15) is 0 Å². The molecule has 0 amide bonds. The molecule has 2 heteroatoms. The normalized spacial score (nSPS) is 10.3. The van der Waals surface area contributed by atoms with Crippen molar-refractivity contribution in [2.24, 2.45) is 0 Å². The average Bonchev–Trinajstić information content (AvgIpc) is 2.51. The smallest absolute Gasteiger partial charge is 0.305 e. The van der Waals surface area contributed by atoms with Crippen molar-refractivity contribution in [2.75, 3.05) is 6.61 Å². The SMILES string of the molecule is CCCCCCCCCCCCCCCCCC(=O)OCC.[C]. The summed E-state index contributed by atoms with van der Waals surface area (Å²) in [7, 11) is 0. The zero-order valence-corrected chi connectivity index (χ0v) is 15.8. The fraction of sp³-hybridized carbons (Fsp3) is 0.905. The van der Waals surface area contributed by atoms with Gasteiger partial charge in [0.15, 0.2) is 0 Å². The monoisotopic (exact) mass is 324 g/mol. The second-order valence-corrected chi connectivity index (χ2v) is 6.50. The highest BCUT2D eigenvalue weighted by Crippen LogP contribution is 2.13. The molecule has 0 atom stereocenters. The van der Waals surface area contributed by atoms with Crippen LogP contribution in [0.5, 0.6) is 0 Å². The van der Waals surface area contributed by atoms with E-state index in [0.717, 1.165) is 6.42 Å². The summed E-state index contributed by atoms with van der Waals surface area (Å²) < 4.78 is 4.92. The average molecular weight is 325 g/mol. The lowest BCUT2D eigenvalue weighted by Gasteiger charge is -2.03. The highest BCUT2D eigenvalue weighted by Gasteiger charge is 2.00. The van der Waals surface area contributed by atoms with Crippen molar-refractivity contribution in [3.05, 3.63) is 7.43 Å². The van der Waals surface area contributed by atoms with Crippen molar-refractivity contribution in [1.82, 2.24) is 0 Å². The third-order valence-corrected chi connectivity index (χ3v) is 4.29. The van der Waals surface area contributed by atoms with E-state index in [1.54, 1.807) is 0 Å². The molecule has 0 spiro atoms. The Labute approximate surface area is 146 Å². The largest absolute Gasteiger partial charge is 0.466 e. The lowest BCUT2D eigenvalue weighted by Crippen LogP contribution is -2.03. The van der Waals surface area contributed by atoms with Gasteiger partial charge in [-0.3, -0.25) is 4.79 Å². The number of hydrogen-bond donors (Lipinski definition) is 0. The van der Waals surface area contributed by atoms with E-state index in [0.29, 0.717) is 13.0 Å². The van der Waals surface area contributed by atoms with Crippen LogP contribution in [-0.4, -0.2) is 12.6 Å². The maximum atomic E-state index is 11.2. The number of rotatable bonds is 17. The maximum absolute atomic E-state index is 11.2. The standard InChI is InChI=1S/C20H40O2.C/c1-3-5-6-7-8-9-10-11-12-13-14-15-16-17-18-19-20(21)22-4-2;/h3-19H2,1-2H3;. The Hall–Kier alpha value is -0.530. The Kier molecular flexibility index (Phi) is 23.1. The molecule has 0 saturated heterocycles. The summed E-state index contributed by atoms with van der Waals surface area (Å²) in [5, 5.41) is 0. The summed E-state index contributed by atoms with van der Waals surface area (Å²) >= 11 is 0. The van der Waals surface area contributed by atoms with Gasteiger partial charge in [-0.1, -0.05) is 96.8 Å². The summed E-state index contributed by atoms with van der Waals surface area (Å²) in [5.41, 5.74) is 0. The van der Waals surface area contributed by atoms with Gasteiger partial charge in [0, 0.05) is 13.8 Å². The number of carbonyl (C=O) groups is 1. The first-order chi connectivity index (χ1) is 10.8. The predicted octanol–water partition coefficient (Wildman–Crippen LogP) is 6.89. The molecule has 2 nitrogen and oxygen atoms in total. The molecule has 0 aliphatic carbocycles. The van der Waals surface area contributed by atoms with Gasteiger partial charge in [0.05, 0.1) is 6.61 Å². The van der Waals surface area contributed by atoms with E-state index in [-0.39, 0.29) is 13.4 Å². The molecule has 136 valence electrons. The lowest BCUT2D eigenvalue weighted by molar-refractivity contribution is -0.143. The Morgan fingerprint density at radius 2 is 0.957 bits per heavy atom. The first-order valence-electron chi connectivity index (χ1n) is 9.96. The van der Waals surface area contributed by atoms with E-state index in [2.05, 4.69) is 6.92 Å². The van der Waals surface area contributed by atoms with E-state index in [1.807, 2.05) is 6.92 Å². The van der Waals surface area contributed by atoms with Crippen molar-refractivity contribution < 1.29 is 9.53 Å². The summed E-state index contributed by atoms with van der Waals surface area (Å²) in [6.07, 6.45) is 21.0. The first-order valence-corrected chi connectivity index (χ1v) is 9.96. The second-order valence-electron chi connectivity index (χ2n) is 6.50. The number of esters is 1. The van der Waals surface area contributed by atoms with Gasteiger partial charge in [0.25, 0.3) is 0 Å². The Bertz CT molecular complexity index is 226. The van der Waals surface area contributed by atoms with Crippen LogP contribution >= 0.6 is 0 Å². The Morgan fingerprint density at radius 3 is 1.30 bits per heavy atom. The van der Waals surface area contributed by atoms with Gasteiger partial charge in [-0.2, -0.15) is 0 Å². The Balaban J connectivity index is 0. The summed E-state index contributed by atoms with van der Waals surface area (Å²) in [5.74, 6) is -0.0304. The van der Waals surface area contributed by atoms with Crippen LogP contribution in [0.1, 0.15) is 117 Å². The van der Waals surface area contributed by atoms with Crippen LogP contribution in [0.25, 0.3) is 0 Å². The number of ether oxygens (including phenoxy) is 1. The van der Waals surface area contributed by atoms with Gasteiger partial charge in [0.2, 0.25) is 0 Å². The molecule has 0 fully saturated rings. The van der Waals surface area contributed by atoms with E-state index < -0.39 is 0 Å². The van der Waals surface area contributed by atoms with Gasteiger partial charge in [-0.25, -0.2) is 0 Å². The van der Waals surface area contributed by atoms with Gasteiger partial charge < -0.3 is 4.74 Å². The van der Waals surface area contributed by atoms with Crippen LogP contribution < -0.4 is 0 Å². The number of unbranched alkanes of at least 4 members (excludes halogenated alkanes) is 14. The number of hydrogen-bond acceptors (Lipinski definition) is 2. The molecule has 0 unspecified atom stereocenters. The summed E-state index contributed by atoms with van der Waals surface area (Å²) in [4.78, 5) is 11.2. The zero-order valence-electron chi connectivity index (χ0n) is 15.8. The van der Waals surface area contributed by atoms with Crippen molar-refractivity contribution >= 4 is 5.97 Å². The maximum Gasteiger partial charge on any atom is 0.305 e. The summed E-state index contributed by atoms with van der Waals surface area (Å²) in [6, 6.07) is 0. The molecule has 4 radical (unpaired) electrons. The van der Waals surface area contributed by atoms with Gasteiger partial charge in [-0.05, 0) is 13.3 Å². The summed E-state index contributed by atoms with van der Waals surface area (Å²) in [6.45, 7) is 4.66. The highest BCUT2D eigenvalue weighted by molar-refractivity contribution is 5.69. The molecule has 23 heavy (non-hydrogen) atoms. The van der Waals surface area contributed by atoms with Crippen LogP contribution in [0.15, 0.2) is 0 Å². The second kappa shape index (κ2) is 21.5. The van der Waals surface area contributed by atoms with Crippen molar-refractivity contribution in [2.45, 2.75) is 117 Å². The highest BCUT2D eigenvalue weighted by atomic mass is 16.5. The van der Waals surface area contributed by atoms with Crippen LogP contribution in [0.2, 0.25) is 0 Å². The third-order valence-electron chi connectivity index (χ3n) is 4.29. The van der Waals surface area contributed by atoms with Crippen LogP contribution in [0.3, 0.4) is 0 Å². The van der Waals surface area contributed by atoms with Crippen LogP contribution in [0, 0.1) is 7.43 Å². The minimum atomic E-state index is -0.0304. The molecule has 0 aromatic heterocycles. The molecule has 0 aromatic rings. The molecule has 0 heterocycles. The van der Waals surface area contributed by atoms with E-state index in [1.165, 1.54) is 89.9 Å². The topological polar surface area (TPSA) is 26.3 Å². The lowest BCUT2D eigenvalue weighted by atomic mass is 10.0. The van der Waals surface area contributed by atoms with Crippen LogP contribution in [0.4, 0.5) is 0 Å². The zero-order chi connectivity index (χ0) is 16.3. The first kappa shape index (κ1) is 24.7. The van der Waals surface area contributed by atoms with Crippen molar-refractivity contribution in [1.29, 1.82) is 0 Å². The molecule has 0 aliphatic heterocycles. The molecule has 0 N–H and O–H groups in total. The predicted molar refractivity (Wildman–Crippen MR) is 99.4 cm³/mol. The number of carbonyl (C=O) groups excluding carboxylic acids is 1. The molecule has 0 aliphatic rings. The van der Waals surface area contributed by atoms with Gasteiger partial charge >= 0.3 is 5.97 Å². The quantitative estimate of drug-likeness (QED) is 0.215.